The van der Waals surface area contributed by atoms with Crippen LogP contribution in [0.2, 0.25) is 0 Å². The van der Waals surface area contributed by atoms with Gasteiger partial charge in [0.05, 0.1) is 13.2 Å². The molecule has 0 aromatic rings. The van der Waals surface area contributed by atoms with E-state index in [9.17, 15) is 14.5 Å². The first-order valence-corrected chi connectivity index (χ1v) is 12.0. The summed E-state index contributed by atoms with van der Waals surface area (Å²) in [6, 6.07) is 0. The average molecular weight is 480 g/mol. The van der Waals surface area contributed by atoms with Gasteiger partial charge < -0.3 is 20.1 Å². The third-order valence-corrected chi connectivity index (χ3v) is 7.46. The third kappa shape index (κ3) is 6.16. The minimum atomic E-state index is -3.73. The summed E-state index contributed by atoms with van der Waals surface area (Å²) in [7, 11) is 0.888. The largest absolute Gasteiger partial charge is 0.407 e. The SMILES string of the molecule is C=C1NC(=NC)C=CN1[C@@H]1O[C@H](COP(=O)(OCCSC(C)=O)N(C)C)C(O)[C@]1(C)F. The number of alkyl halides is 1. The molecule has 2 unspecified atom stereocenters. The number of aliphatic imine (C=N–C) groups is 1. The molecule has 5 atom stereocenters. The lowest BCUT2D eigenvalue weighted by atomic mass is 9.98. The first-order valence-electron chi connectivity index (χ1n) is 9.54. The Kier molecular flexibility index (Phi) is 8.86. The number of halogens is 1. The number of amidine groups is 1. The van der Waals surface area contributed by atoms with Gasteiger partial charge in [-0.3, -0.25) is 18.8 Å². The van der Waals surface area contributed by atoms with Gasteiger partial charge in [0, 0.05) is 25.9 Å². The molecule has 0 aromatic heterocycles. The Morgan fingerprint density at radius 3 is 2.77 bits per heavy atom. The summed E-state index contributed by atoms with van der Waals surface area (Å²) < 4.78 is 46.2. The smallest absolute Gasteiger partial charge is 0.387 e. The summed E-state index contributed by atoms with van der Waals surface area (Å²) in [5.74, 6) is 1.19. The highest BCUT2D eigenvalue weighted by atomic mass is 32.2. The molecule has 2 heterocycles. The van der Waals surface area contributed by atoms with Gasteiger partial charge in [-0.1, -0.05) is 18.3 Å². The molecule has 0 aromatic carbocycles. The van der Waals surface area contributed by atoms with Crippen LogP contribution in [-0.4, -0.2) is 89.8 Å². The number of rotatable bonds is 9. The molecule has 13 heteroatoms. The molecule has 10 nitrogen and oxygen atoms in total. The van der Waals surface area contributed by atoms with Crippen LogP contribution >= 0.6 is 19.5 Å². The summed E-state index contributed by atoms with van der Waals surface area (Å²) in [5.41, 5.74) is -2.18. The van der Waals surface area contributed by atoms with Crippen molar-refractivity contribution in [3.8, 4) is 0 Å². The van der Waals surface area contributed by atoms with Crippen molar-refractivity contribution in [2.75, 3.05) is 40.1 Å². The number of carbonyl (C=O) groups excluding carboxylic acids is 1. The van der Waals surface area contributed by atoms with E-state index in [1.54, 1.807) is 19.3 Å². The van der Waals surface area contributed by atoms with Gasteiger partial charge in [-0.05, 0) is 27.1 Å². The van der Waals surface area contributed by atoms with Crippen LogP contribution in [0.15, 0.2) is 29.7 Å². The lowest BCUT2D eigenvalue weighted by Gasteiger charge is -2.36. The van der Waals surface area contributed by atoms with Crippen LogP contribution in [0.4, 0.5) is 4.39 Å². The standard InChI is InChI=1S/C18H30FN4O6PS/c1-12-21-15(20-4)7-8-23(12)17-18(3,19)16(25)14(29-17)11-28-30(26,22(5)6)27-9-10-31-13(2)24/h7-8,14,16-17,25H,1,9-11H2,2-6H3,(H,20,21)/t14-,16?,17-,18+,30?/m1/s1. The fourth-order valence-electron chi connectivity index (χ4n) is 2.97. The molecule has 0 aliphatic carbocycles. The number of ether oxygens (including phenoxy) is 1. The fourth-order valence-corrected chi connectivity index (χ4v) is 4.74. The number of carbonyl (C=O) groups is 1. The van der Waals surface area contributed by atoms with Crippen molar-refractivity contribution in [3.63, 3.8) is 0 Å². The Morgan fingerprint density at radius 1 is 1.55 bits per heavy atom. The summed E-state index contributed by atoms with van der Waals surface area (Å²) >= 11 is 1.04. The lowest BCUT2D eigenvalue weighted by molar-refractivity contribution is -0.109. The number of nitrogens with one attached hydrogen (secondary N) is 1. The topological polar surface area (TPSA) is 113 Å². The quantitative estimate of drug-likeness (QED) is 0.373. The number of thioether (sulfide) groups is 1. The molecule has 0 saturated carbocycles. The second kappa shape index (κ2) is 10.6. The molecule has 31 heavy (non-hydrogen) atoms. The maximum Gasteiger partial charge on any atom is 0.407 e. The highest BCUT2D eigenvalue weighted by Gasteiger charge is 2.57. The van der Waals surface area contributed by atoms with Crippen LogP contribution in [0.1, 0.15) is 13.8 Å². The maximum absolute atomic E-state index is 15.4. The second-order valence-electron chi connectivity index (χ2n) is 7.31. The van der Waals surface area contributed by atoms with Crippen molar-refractivity contribution in [2.24, 2.45) is 4.99 Å². The first-order chi connectivity index (χ1) is 14.4. The van der Waals surface area contributed by atoms with Gasteiger partial charge in [0.25, 0.3) is 0 Å². The summed E-state index contributed by atoms with van der Waals surface area (Å²) in [4.78, 5) is 16.4. The van der Waals surface area contributed by atoms with Crippen molar-refractivity contribution in [3.05, 3.63) is 24.7 Å². The predicted molar refractivity (Wildman–Crippen MR) is 117 cm³/mol. The highest BCUT2D eigenvalue weighted by Crippen LogP contribution is 2.51. The fraction of sp³-hybridized carbons (Fsp3) is 0.667. The van der Waals surface area contributed by atoms with Crippen LogP contribution in [0.5, 0.6) is 0 Å². The molecule has 1 saturated heterocycles. The van der Waals surface area contributed by atoms with Crippen LogP contribution in [-0.2, 0) is 23.1 Å². The van der Waals surface area contributed by atoms with Crippen LogP contribution in [0, 0.1) is 0 Å². The molecule has 0 spiro atoms. The van der Waals surface area contributed by atoms with Gasteiger partial charge in [-0.15, -0.1) is 0 Å². The van der Waals surface area contributed by atoms with Gasteiger partial charge >= 0.3 is 7.75 Å². The van der Waals surface area contributed by atoms with Crippen LogP contribution in [0.3, 0.4) is 0 Å². The Bertz CT molecular complexity index is 793. The summed E-state index contributed by atoms with van der Waals surface area (Å²) in [5, 5.41) is 13.3. The second-order valence-corrected chi connectivity index (χ2v) is 10.8. The zero-order valence-electron chi connectivity index (χ0n) is 18.3. The van der Waals surface area contributed by atoms with Crippen molar-refractivity contribution >= 4 is 30.5 Å². The van der Waals surface area contributed by atoms with Crippen molar-refractivity contribution in [2.45, 2.75) is 38.0 Å². The number of aliphatic hydroxyl groups excluding tert-OH is 1. The number of hydrogen-bond acceptors (Lipinski definition) is 9. The minimum Gasteiger partial charge on any atom is -0.387 e. The van der Waals surface area contributed by atoms with Gasteiger partial charge in [0.15, 0.2) is 17.0 Å². The molecular formula is C18H30FN4O6PS. The maximum atomic E-state index is 15.4. The zero-order valence-corrected chi connectivity index (χ0v) is 20.0. The molecular weight excluding hydrogens is 450 g/mol. The number of nitrogens with zero attached hydrogens (tertiary/aromatic N) is 3. The van der Waals surface area contributed by atoms with Gasteiger partial charge in [0.1, 0.15) is 23.9 Å². The van der Waals surface area contributed by atoms with E-state index >= 15 is 4.39 Å². The molecule has 1 fully saturated rings. The highest BCUT2D eigenvalue weighted by molar-refractivity contribution is 8.13. The van der Waals surface area contributed by atoms with Crippen LogP contribution < -0.4 is 5.32 Å². The molecule has 176 valence electrons. The minimum absolute atomic E-state index is 0.0165. The third-order valence-electron chi connectivity index (χ3n) is 4.72. The molecule has 2 rings (SSSR count). The average Bonchev–Trinajstić information content (AvgIpc) is 2.92. The normalized spacial score (nSPS) is 31.9. The Balaban J connectivity index is 2.05. The van der Waals surface area contributed by atoms with Gasteiger partial charge in [-0.25, -0.2) is 13.6 Å². The molecule has 2 N–H and O–H groups in total. The Morgan fingerprint density at radius 2 is 2.23 bits per heavy atom. The first kappa shape index (κ1) is 26.0. The van der Waals surface area contributed by atoms with Gasteiger partial charge in [0.2, 0.25) is 0 Å². The summed E-state index contributed by atoms with van der Waals surface area (Å²) in [6.45, 7) is 6.13. The van der Waals surface area contributed by atoms with E-state index in [-0.39, 0.29) is 18.3 Å². The molecule has 2 aliphatic rings. The molecule has 0 radical (unpaired) electrons. The van der Waals surface area contributed by atoms with Crippen molar-refractivity contribution in [1.82, 2.24) is 14.9 Å². The predicted octanol–water partition coefficient (Wildman–Crippen LogP) is 1.70. The number of hydrogen-bond donors (Lipinski definition) is 2. The van der Waals surface area contributed by atoms with E-state index in [4.69, 9.17) is 13.8 Å². The van der Waals surface area contributed by atoms with E-state index in [1.807, 2.05) is 0 Å². The van der Waals surface area contributed by atoms with E-state index in [1.165, 1.54) is 37.5 Å². The molecule has 0 bridgehead atoms. The van der Waals surface area contributed by atoms with E-state index < -0.39 is 31.9 Å². The van der Waals surface area contributed by atoms with E-state index in [0.29, 0.717) is 17.4 Å². The van der Waals surface area contributed by atoms with Crippen molar-refractivity contribution in [1.29, 1.82) is 0 Å². The van der Waals surface area contributed by atoms with E-state index in [2.05, 4.69) is 16.9 Å². The Labute approximate surface area is 186 Å². The van der Waals surface area contributed by atoms with Gasteiger partial charge in [-0.2, -0.15) is 0 Å². The monoisotopic (exact) mass is 480 g/mol. The van der Waals surface area contributed by atoms with Crippen molar-refractivity contribution < 1.29 is 32.6 Å². The zero-order chi connectivity index (χ0) is 23.4. The number of aliphatic hydroxyl groups is 1. The Hall–Kier alpha value is -1.27. The van der Waals surface area contributed by atoms with Crippen LogP contribution in [0.25, 0.3) is 0 Å². The molecule has 2 aliphatic heterocycles. The van der Waals surface area contributed by atoms with E-state index in [0.717, 1.165) is 11.8 Å². The lowest BCUT2D eigenvalue weighted by Crippen LogP contribution is -2.51. The summed E-state index contributed by atoms with van der Waals surface area (Å²) in [6.07, 6.45) is -0.676. The molecule has 0 amide bonds.